The maximum atomic E-state index is 13.3. The van der Waals surface area contributed by atoms with E-state index in [1.165, 1.54) is 0 Å². The van der Waals surface area contributed by atoms with Gasteiger partial charge in [-0.25, -0.2) is 9.89 Å². The van der Waals surface area contributed by atoms with Crippen molar-refractivity contribution in [1.82, 2.24) is 4.98 Å². The number of carbonyl (C=O) groups is 1. The number of allylic oxidation sites excluding steroid dienone is 3. The number of fused-ring (bicyclic) bond motifs is 1. The van der Waals surface area contributed by atoms with E-state index in [4.69, 9.17) is 16.6 Å². The quantitative estimate of drug-likeness (QED) is 0.856. The van der Waals surface area contributed by atoms with E-state index in [-0.39, 0.29) is 11.8 Å². The van der Waals surface area contributed by atoms with Crippen LogP contribution in [-0.2, 0) is 11.2 Å². The van der Waals surface area contributed by atoms with Crippen molar-refractivity contribution in [2.75, 3.05) is 10.2 Å². The number of carbonyl (C=O) groups excluding carboxylic acids is 1. The van der Waals surface area contributed by atoms with Gasteiger partial charge in [0.25, 0.3) is 0 Å². The molecular weight excluding hydrogens is 360 g/mol. The fourth-order valence-corrected chi connectivity index (χ4v) is 3.39. The molecule has 1 unspecified atom stereocenters. The van der Waals surface area contributed by atoms with Gasteiger partial charge in [0.2, 0.25) is 11.9 Å². The molecule has 0 saturated carbocycles. The number of nitrogens with one attached hydrogen (secondary N) is 1. The minimum atomic E-state index is -0.367. The first-order valence-corrected chi connectivity index (χ1v) is 9.29. The molecule has 1 atom stereocenters. The van der Waals surface area contributed by atoms with Crippen LogP contribution in [0.15, 0.2) is 76.5 Å². The van der Waals surface area contributed by atoms with Gasteiger partial charge >= 0.3 is 0 Å². The summed E-state index contributed by atoms with van der Waals surface area (Å²) in [6, 6.07) is 13.4. The molecule has 0 radical (unpaired) electrons. The smallest absolute Gasteiger partial charge is 0.243 e. The van der Waals surface area contributed by atoms with Crippen molar-refractivity contribution < 1.29 is 4.79 Å². The third kappa shape index (κ3) is 3.51. The predicted molar refractivity (Wildman–Crippen MR) is 109 cm³/mol. The van der Waals surface area contributed by atoms with Crippen molar-refractivity contribution in [1.29, 1.82) is 0 Å². The second-order valence-electron chi connectivity index (χ2n) is 6.42. The number of amides is 1. The summed E-state index contributed by atoms with van der Waals surface area (Å²) in [4.78, 5) is 24.0. The van der Waals surface area contributed by atoms with Gasteiger partial charge in [0.15, 0.2) is 0 Å². The zero-order chi connectivity index (χ0) is 18.8. The Bertz CT molecular complexity index is 948. The fourth-order valence-electron chi connectivity index (χ4n) is 3.17. The molecule has 0 bridgehead atoms. The molecule has 1 aromatic heterocycles. The number of halogens is 1. The second kappa shape index (κ2) is 7.37. The molecule has 0 fully saturated rings. The summed E-state index contributed by atoms with van der Waals surface area (Å²) in [5.74, 6) is 0.0503. The highest BCUT2D eigenvalue weighted by atomic mass is 35.5. The Labute approximate surface area is 163 Å². The van der Waals surface area contributed by atoms with E-state index in [9.17, 15) is 4.79 Å². The largest absolute Gasteiger partial charge is 0.324 e. The number of nitrogens with zero attached hydrogens (tertiary/aromatic N) is 3. The molecular formula is C21H19ClN4O. The van der Waals surface area contributed by atoms with Gasteiger partial charge in [0.1, 0.15) is 0 Å². The number of rotatable bonds is 3. The van der Waals surface area contributed by atoms with Crippen molar-refractivity contribution in [3.63, 3.8) is 0 Å². The Morgan fingerprint density at radius 3 is 2.70 bits per heavy atom. The number of aryl methyl sites for hydroxylation is 1. The number of anilines is 2. The molecule has 1 N–H and O–H groups in total. The van der Waals surface area contributed by atoms with E-state index >= 15 is 0 Å². The number of aromatic nitrogens is 1. The monoisotopic (exact) mass is 378 g/mol. The van der Waals surface area contributed by atoms with Crippen LogP contribution in [0.2, 0.25) is 0 Å². The van der Waals surface area contributed by atoms with Crippen LogP contribution in [0.1, 0.15) is 19.0 Å². The molecule has 0 saturated heterocycles. The maximum Gasteiger partial charge on any atom is 0.243 e. The van der Waals surface area contributed by atoms with Crippen molar-refractivity contribution in [2.24, 2.45) is 10.9 Å². The topological polar surface area (TPSA) is 57.6 Å². The second-order valence-corrected chi connectivity index (χ2v) is 6.91. The van der Waals surface area contributed by atoms with Crippen LogP contribution in [0.4, 0.5) is 11.4 Å². The van der Waals surface area contributed by atoms with Crippen molar-refractivity contribution in [3.8, 4) is 0 Å². The van der Waals surface area contributed by atoms with E-state index in [0.717, 1.165) is 29.2 Å². The lowest BCUT2D eigenvalue weighted by Crippen LogP contribution is -2.48. The first-order chi connectivity index (χ1) is 13.2. The standard InChI is InChI=1S/C21H19ClN4O/c1-2-15-9-10-16(13-23-15)24-21-25-19-11-8-14(22)12-18(19)20(27)26(21)17-6-4-3-5-7-17/h3-11,13,18H,2,12H2,1H3,(H,24,25). The SMILES string of the molecule is CCc1ccc(NC2=NC3=CC=C(Cl)CC3C(=O)N2c2ccccc2)cn1. The number of para-hydroxylation sites is 1. The lowest BCUT2D eigenvalue weighted by atomic mass is 9.93. The highest BCUT2D eigenvalue weighted by Gasteiger charge is 2.37. The number of guanidine groups is 1. The first kappa shape index (κ1) is 17.5. The van der Waals surface area contributed by atoms with Crippen molar-refractivity contribution >= 4 is 34.8 Å². The number of hydrogen-bond donors (Lipinski definition) is 1. The third-order valence-electron chi connectivity index (χ3n) is 4.61. The lowest BCUT2D eigenvalue weighted by Gasteiger charge is -2.34. The molecule has 136 valence electrons. The molecule has 5 nitrogen and oxygen atoms in total. The maximum absolute atomic E-state index is 13.3. The fraction of sp³-hybridized carbons (Fsp3) is 0.190. The molecule has 1 aliphatic heterocycles. The van der Waals surface area contributed by atoms with E-state index in [2.05, 4.69) is 17.2 Å². The van der Waals surface area contributed by atoms with Crippen molar-refractivity contribution in [3.05, 3.63) is 77.2 Å². The summed E-state index contributed by atoms with van der Waals surface area (Å²) >= 11 is 6.16. The van der Waals surface area contributed by atoms with Gasteiger partial charge in [-0.2, -0.15) is 0 Å². The Morgan fingerprint density at radius 2 is 2.00 bits per heavy atom. The molecule has 27 heavy (non-hydrogen) atoms. The molecule has 2 aromatic rings. The van der Waals surface area contributed by atoms with E-state index in [1.54, 1.807) is 17.2 Å². The average Bonchev–Trinajstić information content (AvgIpc) is 2.70. The predicted octanol–water partition coefficient (Wildman–Crippen LogP) is 4.49. The average molecular weight is 379 g/mol. The Hall–Kier alpha value is -2.92. The van der Waals surface area contributed by atoms with Gasteiger partial charge in [0, 0.05) is 17.1 Å². The molecule has 1 aromatic carbocycles. The summed E-state index contributed by atoms with van der Waals surface area (Å²) in [6.07, 6.45) is 6.72. The Morgan fingerprint density at radius 1 is 1.19 bits per heavy atom. The molecule has 1 aliphatic carbocycles. The lowest BCUT2D eigenvalue weighted by molar-refractivity contribution is -0.120. The molecule has 0 spiro atoms. The zero-order valence-corrected chi connectivity index (χ0v) is 15.6. The third-order valence-corrected chi connectivity index (χ3v) is 4.89. The van der Waals surface area contributed by atoms with E-state index in [1.807, 2.05) is 48.5 Å². The van der Waals surface area contributed by atoms with Crippen LogP contribution in [0.25, 0.3) is 0 Å². The van der Waals surface area contributed by atoms with Crippen LogP contribution < -0.4 is 10.2 Å². The number of benzene rings is 1. The Kier molecular flexibility index (Phi) is 4.77. The first-order valence-electron chi connectivity index (χ1n) is 8.91. The van der Waals surface area contributed by atoms with Gasteiger partial charge in [-0.05, 0) is 42.8 Å². The summed E-state index contributed by atoms with van der Waals surface area (Å²) in [5.41, 5.74) is 3.27. The zero-order valence-electron chi connectivity index (χ0n) is 14.9. The molecule has 2 aliphatic rings. The number of aliphatic imine (C=N–C) groups is 1. The molecule has 6 heteroatoms. The number of hydrogen-bond acceptors (Lipinski definition) is 4. The van der Waals surface area contributed by atoms with E-state index in [0.29, 0.717) is 17.4 Å². The minimum Gasteiger partial charge on any atom is -0.324 e. The van der Waals surface area contributed by atoms with Gasteiger partial charge < -0.3 is 5.32 Å². The molecule has 2 heterocycles. The molecule has 4 rings (SSSR count). The van der Waals surface area contributed by atoms with Gasteiger partial charge in [-0.15, -0.1) is 0 Å². The van der Waals surface area contributed by atoms with Gasteiger partial charge in [0.05, 0.1) is 29.2 Å². The summed E-state index contributed by atoms with van der Waals surface area (Å²) in [7, 11) is 0. The van der Waals surface area contributed by atoms with Gasteiger partial charge in [-0.3, -0.25) is 9.78 Å². The van der Waals surface area contributed by atoms with Crippen LogP contribution in [0.5, 0.6) is 0 Å². The van der Waals surface area contributed by atoms with Gasteiger partial charge in [-0.1, -0.05) is 36.7 Å². The van der Waals surface area contributed by atoms with Crippen LogP contribution in [0, 0.1) is 5.92 Å². The summed E-state index contributed by atoms with van der Waals surface area (Å²) in [5, 5.41) is 3.92. The van der Waals surface area contributed by atoms with Crippen LogP contribution in [0.3, 0.4) is 0 Å². The number of pyridine rings is 1. The highest BCUT2D eigenvalue weighted by Crippen LogP contribution is 2.35. The highest BCUT2D eigenvalue weighted by molar-refractivity contribution is 6.30. The van der Waals surface area contributed by atoms with Crippen molar-refractivity contribution in [2.45, 2.75) is 19.8 Å². The minimum absolute atomic E-state index is 0.0469. The van der Waals surface area contributed by atoms with Crippen LogP contribution in [-0.4, -0.2) is 16.9 Å². The normalized spacial score (nSPS) is 19.0. The Balaban J connectivity index is 1.74. The summed E-state index contributed by atoms with van der Waals surface area (Å²) < 4.78 is 0. The van der Waals surface area contributed by atoms with Crippen LogP contribution >= 0.6 is 11.6 Å². The van der Waals surface area contributed by atoms with E-state index < -0.39 is 0 Å². The summed E-state index contributed by atoms with van der Waals surface area (Å²) in [6.45, 7) is 2.06. The molecule has 1 amide bonds.